The number of hydrogen-bond acceptors (Lipinski definition) is 3. The van der Waals surface area contributed by atoms with Crippen molar-refractivity contribution in [1.29, 1.82) is 0 Å². The fourth-order valence-electron chi connectivity index (χ4n) is 3.41. The maximum atomic E-state index is 12.7. The van der Waals surface area contributed by atoms with Gasteiger partial charge in [-0.1, -0.05) is 24.3 Å². The molecule has 2 aromatic rings. The molecular weight excluding hydrogens is 395 g/mol. The van der Waals surface area contributed by atoms with E-state index in [1.54, 1.807) is 29.2 Å². The number of rotatable bonds is 4. The average Bonchev–Trinajstić information content (AvgIpc) is 2.93. The van der Waals surface area contributed by atoms with Crippen molar-refractivity contribution < 1.29 is 22.8 Å². The fraction of sp³-hybridized carbons (Fsp3) is 0.364. The Labute approximate surface area is 173 Å². The van der Waals surface area contributed by atoms with Gasteiger partial charge in [0.05, 0.1) is 5.56 Å². The molecule has 1 aliphatic rings. The van der Waals surface area contributed by atoms with Crippen LogP contribution in [0.1, 0.15) is 34.8 Å². The number of carbonyl (C=O) groups is 2. The Balaban J connectivity index is 1.55. The predicted octanol–water partition coefficient (Wildman–Crippen LogP) is 4.65. The first-order valence-electron chi connectivity index (χ1n) is 9.78. The van der Waals surface area contributed by atoms with Gasteiger partial charge in [-0.2, -0.15) is 13.2 Å². The molecule has 2 aromatic carbocycles. The second kappa shape index (κ2) is 9.30. The van der Waals surface area contributed by atoms with Crippen LogP contribution in [0.25, 0.3) is 0 Å². The first kappa shape index (κ1) is 21.8. The molecule has 1 aliphatic heterocycles. The highest BCUT2D eigenvalue weighted by Gasteiger charge is 2.30. The van der Waals surface area contributed by atoms with Crippen LogP contribution in [0.15, 0.2) is 48.5 Å². The summed E-state index contributed by atoms with van der Waals surface area (Å²) in [4.78, 5) is 27.9. The van der Waals surface area contributed by atoms with Gasteiger partial charge in [0.15, 0.2) is 5.78 Å². The molecule has 0 saturated carbocycles. The first-order valence-corrected chi connectivity index (χ1v) is 9.78. The van der Waals surface area contributed by atoms with E-state index < -0.39 is 11.7 Å². The fourth-order valence-corrected chi connectivity index (χ4v) is 3.41. The summed E-state index contributed by atoms with van der Waals surface area (Å²) in [6.07, 6.45) is -3.57. The second-order valence-electron chi connectivity index (χ2n) is 7.38. The number of Topliss-reactive ketones (excluding diaryl/α,β-unsaturated/α-hetero) is 1. The van der Waals surface area contributed by atoms with E-state index in [0.717, 1.165) is 30.7 Å². The van der Waals surface area contributed by atoms with Crippen molar-refractivity contribution in [3.63, 3.8) is 0 Å². The standard InChI is InChI=1S/C22H24F3N3O2/c1-16(29)18-4-2-5-20(14-18)26-21(30)28-11-3-10-27(12-13-28)15-17-6-8-19(9-7-17)22(23,24)25/h2,4-9,14H,3,10-13,15H2,1H3,(H,26,30). The van der Waals surface area contributed by atoms with Gasteiger partial charge in [0.1, 0.15) is 0 Å². The van der Waals surface area contributed by atoms with Gasteiger partial charge in [-0.05, 0) is 43.2 Å². The van der Waals surface area contributed by atoms with E-state index in [4.69, 9.17) is 0 Å². The van der Waals surface area contributed by atoms with Crippen LogP contribution in [-0.2, 0) is 12.7 Å². The molecular formula is C22H24F3N3O2. The van der Waals surface area contributed by atoms with Crippen LogP contribution in [0.3, 0.4) is 0 Å². The topological polar surface area (TPSA) is 52.7 Å². The number of nitrogens with zero attached hydrogens (tertiary/aromatic N) is 2. The van der Waals surface area contributed by atoms with Gasteiger partial charge in [0.25, 0.3) is 0 Å². The lowest BCUT2D eigenvalue weighted by Crippen LogP contribution is -2.38. The SMILES string of the molecule is CC(=O)c1cccc(NC(=O)N2CCCN(Cc3ccc(C(F)(F)F)cc3)CC2)c1. The molecule has 0 bridgehead atoms. The molecule has 1 heterocycles. The van der Waals surface area contributed by atoms with E-state index in [-0.39, 0.29) is 11.8 Å². The van der Waals surface area contributed by atoms with Gasteiger partial charge >= 0.3 is 12.2 Å². The molecule has 2 amide bonds. The minimum atomic E-state index is -4.33. The van der Waals surface area contributed by atoms with Crippen molar-refractivity contribution in [3.05, 3.63) is 65.2 Å². The summed E-state index contributed by atoms with van der Waals surface area (Å²) in [7, 11) is 0. The smallest absolute Gasteiger partial charge is 0.323 e. The van der Waals surface area contributed by atoms with Crippen LogP contribution >= 0.6 is 0 Å². The molecule has 3 rings (SSSR count). The Bertz CT molecular complexity index is 897. The molecule has 0 unspecified atom stereocenters. The third-order valence-corrected chi connectivity index (χ3v) is 5.08. The Kier molecular flexibility index (Phi) is 6.77. The zero-order valence-electron chi connectivity index (χ0n) is 16.7. The Morgan fingerprint density at radius 3 is 2.40 bits per heavy atom. The average molecular weight is 419 g/mol. The molecule has 5 nitrogen and oxygen atoms in total. The van der Waals surface area contributed by atoms with Gasteiger partial charge in [-0.15, -0.1) is 0 Å². The van der Waals surface area contributed by atoms with Gasteiger partial charge < -0.3 is 10.2 Å². The molecule has 0 atom stereocenters. The third kappa shape index (κ3) is 5.82. The predicted molar refractivity (Wildman–Crippen MR) is 108 cm³/mol. The Morgan fingerprint density at radius 1 is 1.00 bits per heavy atom. The van der Waals surface area contributed by atoms with E-state index in [1.165, 1.54) is 19.1 Å². The number of anilines is 1. The van der Waals surface area contributed by atoms with Crippen molar-refractivity contribution in [2.75, 3.05) is 31.5 Å². The number of nitrogens with one attached hydrogen (secondary N) is 1. The normalized spacial score (nSPS) is 15.5. The lowest BCUT2D eigenvalue weighted by atomic mass is 10.1. The van der Waals surface area contributed by atoms with Gasteiger partial charge in [-0.25, -0.2) is 4.79 Å². The summed E-state index contributed by atoms with van der Waals surface area (Å²) < 4.78 is 38.1. The highest BCUT2D eigenvalue weighted by molar-refractivity contribution is 5.96. The largest absolute Gasteiger partial charge is 0.416 e. The zero-order valence-corrected chi connectivity index (χ0v) is 16.7. The minimum absolute atomic E-state index is 0.0696. The monoisotopic (exact) mass is 419 g/mol. The number of hydrogen-bond donors (Lipinski definition) is 1. The third-order valence-electron chi connectivity index (χ3n) is 5.08. The van der Waals surface area contributed by atoms with Gasteiger partial charge in [-0.3, -0.25) is 9.69 Å². The van der Waals surface area contributed by atoms with Crippen LogP contribution < -0.4 is 5.32 Å². The highest BCUT2D eigenvalue weighted by atomic mass is 19.4. The van der Waals surface area contributed by atoms with E-state index in [2.05, 4.69) is 10.2 Å². The van der Waals surface area contributed by atoms with Crippen molar-refractivity contribution in [2.45, 2.75) is 26.1 Å². The number of halogens is 3. The quantitative estimate of drug-likeness (QED) is 0.734. The summed E-state index contributed by atoms with van der Waals surface area (Å²) >= 11 is 0. The molecule has 0 spiro atoms. The van der Waals surface area contributed by atoms with E-state index in [0.29, 0.717) is 37.4 Å². The van der Waals surface area contributed by atoms with Crippen molar-refractivity contribution in [1.82, 2.24) is 9.80 Å². The number of ketones is 1. The molecule has 0 aromatic heterocycles. The molecule has 30 heavy (non-hydrogen) atoms. The molecule has 1 N–H and O–H groups in total. The Morgan fingerprint density at radius 2 is 1.73 bits per heavy atom. The minimum Gasteiger partial charge on any atom is -0.323 e. The van der Waals surface area contributed by atoms with Gasteiger partial charge in [0, 0.05) is 44.0 Å². The molecule has 8 heteroatoms. The van der Waals surface area contributed by atoms with E-state index in [1.807, 2.05) is 0 Å². The lowest BCUT2D eigenvalue weighted by Gasteiger charge is -2.22. The second-order valence-corrected chi connectivity index (χ2v) is 7.38. The van der Waals surface area contributed by atoms with E-state index >= 15 is 0 Å². The summed E-state index contributed by atoms with van der Waals surface area (Å²) in [5.41, 5.74) is 1.26. The summed E-state index contributed by atoms with van der Waals surface area (Å²) in [6, 6.07) is 11.8. The van der Waals surface area contributed by atoms with Gasteiger partial charge in [0.2, 0.25) is 0 Å². The molecule has 0 radical (unpaired) electrons. The highest BCUT2D eigenvalue weighted by Crippen LogP contribution is 2.29. The first-order chi connectivity index (χ1) is 14.2. The van der Waals surface area contributed by atoms with Crippen LogP contribution in [0, 0.1) is 0 Å². The number of urea groups is 1. The van der Waals surface area contributed by atoms with Crippen molar-refractivity contribution >= 4 is 17.5 Å². The van der Waals surface area contributed by atoms with Crippen LogP contribution in [0.5, 0.6) is 0 Å². The molecule has 1 saturated heterocycles. The number of alkyl halides is 3. The number of carbonyl (C=O) groups excluding carboxylic acids is 2. The summed E-state index contributed by atoms with van der Waals surface area (Å²) in [5, 5.41) is 2.83. The number of amides is 2. The maximum absolute atomic E-state index is 12.7. The maximum Gasteiger partial charge on any atom is 0.416 e. The summed E-state index contributed by atoms with van der Waals surface area (Å²) in [5.74, 6) is -0.0696. The molecule has 1 fully saturated rings. The zero-order chi connectivity index (χ0) is 21.7. The lowest BCUT2D eigenvalue weighted by molar-refractivity contribution is -0.137. The molecule has 0 aliphatic carbocycles. The number of benzene rings is 2. The van der Waals surface area contributed by atoms with Crippen LogP contribution in [-0.4, -0.2) is 47.8 Å². The van der Waals surface area contributed by atoms with Crippen molar-refractivity contribution in [2.24, 2.45) is 0 Å². The molecule has 160 valence electrons. The van der Waals surface area contributed by atoms with E-state index in [9.17, 15) is 22.8 Å². The van der Waals surface area contributed by atoms with Crippen LogP contribution in [0.2, 0.25) is 0 Å². The Hall–Kier alpha value is -2.87. The van der Waals surface area contributed by atoms with Crippen LogP contribution in [0.4, 0.5) is 23.7 Å². The van der Waals surface area contributed by atoms with Crippen molar-refractivity contribution in [3.8, 4) is 0 Å². The summed E-state index contributed by atoms with van der Waals surface area (Å²) in [6.45, 7) is 4.49.